The third-order valence-corrected chi connectivity index (χ3v) is 6.37. The number of ketones is 1. The first kappa shape index (κ1) is 20.4. The molecule has 0 bridgehead atoms. The molecule has 0 spiro atoms. The molecule has 1 aliphatic heterocycles. The van der Waals surface area contributed by atoms with E-state index in [1.807, 2.05) is 25.1 Å². The molecule has 0 saturated carbocycles. The topological polar surface area (TPSA) is 82.6 Å². The third-order valence-electron chi connectivity index (χ3n) is 4.78. The molecule has 7 nitrogen and oxygen atoms in total. The fraction of sp³-hybridized carbons (Fsp3) is 0.400. The number of rotatable bonds is 7. The third kappa shape index (κ3) is 5.15. The second-order valence-electron chi connectivity index (χ2n) is 7.08. The molecule has 2 aromatic rings. The number of carbonyl (C=O) groups excluding carboxylic acids is 1. The summed E-state index contributed by atoms with van der Waals surface area (Å²) in [5.74, 6) is 0.817. The molecule has 0 radical (unpaired) electrons. The fourth-order valence-electron chi connectivity index (χ4n) is 3.34. The summed E-state index contributed by atoms with van der Waals surface area (Å²) in [6, 6.07) is 11.8. The Morgan fingerprint density at radius 2 is 1.89 bits per heavy atom. The molecule has 1 aliphatic rings. The molecule has 0 aliphatic carbocycles. The first-order valence-electron chi connectivity index (χ1n) is 9.37. The lowest BCUT2D eigenvalue weighted by Gasteiger charge is -2.36. The van der Waals surface area contributed by atoms with Gasteiger partial charge in [-0.1, -0.05) is 18.2 Å². The second kappa shape index (κ2) is 8.81. The standard InChI is InChI=1S/C20H26N4O3S/c1-16(22-28(26,27)19-7-5-6-18(14-19)17(2)25)15-23-10-12-24(13-11-23)20-8-3-4-9-21-20/h3-9,14,16,22H,10-13,15H2,1-2H3. The minimum atomic E-state index is -3.67. The van der Waals surface area contributed by atoms with Crippen LogP contribution in [0.4, 0.5) is 5.82 Å². The lowest BCUT2D eigenvalue weighted by atomic mass is 10.2. The van der Waals surface area contributed by atoms with Crippen LogP contribution in [-0.4, -0.2) is 62.9 Å². The first-order chi connectivity index (χ1) is 13.3. The van der Waals surface area contributed by atoms with Crippen LogP contribution in [0.25, 0.3) is 0 Å². The lowest BCUT2D eigenvalue weighted by Crippen LogP contribution is -2.51. The minimum absolute atomic E-state index is 0.118. The molecular weight excluding hydrogens is 376 g/mol. The van der Waals surface area contributed by atoms with Crippen molar-refractivity contribution in [2.24, 2.45) is 0 Å². The number of piperazine rings is 1. The molecule has 1 fully saturated rings. The van der Waals surface area contributed by atoms with Crippen LogP contribution in [0.5, 0.6) is 0 Å². The van der Waals surface area contributed by atoms with Crippen molar-refractivity contribution < 1.29 is 13.2 Å². The van der Waals surface area contributed by atoms with E-state index >= 15 is 0 Å². The van der Waals surface area contributed by atoms with Crippen LogP contribution in [0.2, 0.25) is 0 Å². The fourth-order valence-corrected chi connectivity index (χ4v) is 4.62. The van der Waals surface area contributed by atoms with E-state index in [1.165, 1.54) is 19.1 Å². The molecule has 1 N–H and O–H groups in total. The molecule has 3 rings (SSSR count). The summed E-state index contributed by atoms with van der Waals surface area (Å²) in [6.07, 6.45) is 1.79. The zero-order valence-corrected chi connectivity index (χ0v) is 17.0. The van der Waals surface area contributed by atoms with Crippen molar-refractivity contribution in [2.75, 3.05) is 37.6 Å². The summed E-state index contributed by atoms with van der Waals surface area (Å²) < 4.78 is 28.0. The maximum atomic E-state index is 12.6. The second-order valence-corrected chi connectivity index (χ2v) is 8.80. The van der Waals surface area contributed by atoms with Gasteiger partial charge in [-0.2, -0.15) is 0 Å². The SMILES string of the molecule is CC(=O)c1cccc(S(=O)(=O)NC(C)CN2CCN(c3ccccn3)CC2)c1. The van der Waals surface area contributed by atoms with Crippen LogP contribution in [0.15, 0.2) is 53.6 Å². The Kier molecular flexibility index (Phi) is 6.43. The molecule has 0 amide bonds. The van der Waals surface area contributed by atoms with Gasteiger partial charge in [-0.05, 0) is 38.1 Å². The van der Waals surface area contributed by atoms with Crippen LogP contribution in [-0.2, 0) is 10.0 Å². The number of aromatic nitrogens is 1. The Hall–Kier alpha value is -2.29. The largest absolute Gasteiger partial charge is 0.354 e. The summed E-state index contributed by atoms with van der Waals surface area (Å²) in [7, 11) is -3.67. The number of hydrogen-bond donors (Lipinski definition) is 1. The molecule has 1 aromatic carbocycles. The number of nitrogens with one attached hydrogen (secondary N) is 1. The van der Waals surface area contributed by atoms with E-state index in [1.54, 1.807) is 18.3 Å². The van der Waals surface area contributed by atoms with Gasteiger partial charge in [0.25, 0.3) is 0 Å². The Labute approximate surface area is 166 Å². The number of Topliss-reactive ketones (excluding diaryl/α,β-unsaturated/α-hetero) is 1. The zero-order chi connectivity index (χ0) is 20.1. The van der Waals surface area contributed by atoms with E-state index < -0.39 is 10.0 Å². The number of pyridine rings is 1. The van der Waals surface area contributed by atoms with Gasteiger partial charge in [0.05, 0.1) is 4.90 Å². The Balaban J connectivity index is 1.55. The highest BCUT2D eigenvalue weighted by Gasteiger charge is 2.23. The van der Waals surface area contributed by atoms with E-state index in [-0.39, 0.29) is 16.7 Å². The number of hydrogen-bond acceptors (Lipinski definition) is 6. The zero-order valence-electron chi connectivity index (χ0n) is 16.2. The van der Waals surface area contributed by atoms with Gasteiger partial charge in [0.2, 0.25) is 10.0 Å². The van der Waals surface area contributed by atoms with E-state index in [0.29, 0.717) is 12.1 Å². The highest BCUT2D eigenvalue weighted by molar-refractivity contribution is 7.89. The summed E-state index contributed by atoms with van der Waals surface area (Å²) in [6.45, 7) is 7.32. The van der Waals surface area contributed by atoms with E-state index in [2.05, 4.69) is 19.5 Å². The molecule has 150 valence electrons. The van der Waals surface area contributed by atoms with Crippen molar-refractivity contribution in [1.29, 1.82) is 0 Å². The van der Waals surface area contributed by atoms with Gasteiger partial charge in [0.15, 0.2) is 5.78 Å². The number of sulfonamides is 1. The van der Waals surface area contributed by atoms with Gasteiger partial charge >= 0.3 is 0 Å². The molecular formula is C20H26N4O3S. The van der Waals surface area contributed by atoms with E-state index in [4.69, 9.17) is 0 Å². The van der Waals surface area contributed by atoms with Gasteiger partial charge in [-0.25, -0.2) is 18.1 Å². The highest BCUT2D eigenvalue weighted by Crippen LogP contribution is 2.15. The summed E-state index contributed by atoms with van der Waals surface area (Å²) in [5, 5.41) is 0. The first-order valence-corrected chi connectivity index (χ1v) is 10.8. The predicted molar refractivity (Wildman–Crippen MR) is 109 cm³/mol. The normalized spacial score (nSPS) is 16.7. The van der Waals surface area contributed by atoms with E-state index in [9.17, 15) is 13.2 Å². The van der Waals surface area contributed by atoms with Crippen molar-refractivity contribution in [1.82, 2.24) is 14.6 Å². The molecule has 1 aromatic heterocycles. The maximum Gasteiger partial charge on any atom is 0.240 e. The van der Waals surface area contributed by atoms with Crippen LogP contribution in [0.1, 0.15) is 24.2 Å². The Bertz CT molecular complexity index is 910. The van der Waals surface area contributed by atoms with Crippen LogP contribution in [0.3, 0.4) is 0 Å². The Morgan fingerprint density at radius 1 is 1.14 bits per heavy atom. The van der Waals surface area contributed by atoms with Crippen molar-refractivity contribution in [3.63, 3.8) is 0 Å². The average Bonchev–Trinajstić information content (AvgIpc) is 2.69. The van der Waals surface area contributed by atoms with Gasteiger partial charge in [-0.15, -0.1) is 0 Å². The monoisotopic (exact) mass is 402 g/mol. The molecule has 2 heterocycles. The van der Waals surface area contributed by atoms with Gasteiger partial charge < -0.3 is 4.90 Å². The Morgan fingerprint density at radius 3 is 2.54 bits per heavy atom. The smallest absolute Gasteiger partial charge is 0.240 e. The van der Waals surface area contributed by atoms with Crippen molar-refractivity contribution in [3.05, 3.63) is 54.2 Å². The summed E-state index contributed by atoms with van der Waals surface area (Å²) >= 11 is 0. The molecule has 28 heavy (non-hydrogen) atoms. The highest BCUT2D eigenvalue weighted by atomic mass is 32.2. The average molecular weight is 403 g/mol. The van der Waals surface area contributed by atoms with Crippen LogP contribution < -0.4 is 9.62 Å². The van der Waals surface area contributed by atoms with Crippen molar-refractivity contribution in [3.8, 4) is 0 Å². The van der Waals surface area contributed by atoms with Crippen molar-refractivity contribution >= 4 is 21.6 Å². The molecule has 1 saturated heterocycles. The van der Waals surface area contributed by atoms with Crippen LogP contribution in [0, 0.1) is 0 Å². The molecule has 8 heteroatoms. The predicted octanol–water partition coefficient (Wildman–Crippen LogP) is 1.77. The quantitative estimate of drug-likeness (QED) is 0.711. The number of carbonyl (C=O) groups is 1. The van der Waals surface area contributed by atoms with Gasteiger partial charge in [0, 0.05) is 50.5 Å². The maximum absolute atomic E-state index is 12.6. The van der Waals surface area contributed by atoms with Gasteiger partial charge in [0.1, 0.15) is 5.82 Å². The number of nitrogens with zero attached hydrogens (tertiary/aromatic N) is 3. The van der Waals surface area contributed by atoms with Gasteiger partial charge in [-0.3, -0.25) is 9.69 Å². The molecule has 1 unspecified atom stereocenters. The summed E-state index contributed by atoms with van der Waals surface area (Å²) in [5.41, 5.74) is 0.390. The number of anilines is 1. The lowest BCUT2D eigenvalue weighted by molar-refractivity contribution is 0.101. The summed E-state index contributed by atoms with van der Waals surface area (Å²) in [4.78, 5) is 20.5. The van der Waals surface area contributed by atoms with E-state index in [0.717, 1.165) is 32.0 Å². The molecule has 1 atom stereocenters. The van der Waals surface area contributed by atoms with Crippen LogP contribution >= 0.6 is 0 Å². The number of benzene rings is 1. The van der Waals surface area contributed by atoms with Crippen molar-refractivity contribution in [2.45, 2.75) is 24.8 Å². The minimum Gasteiger partial charge on any atom is -0.354 e.